The van der Waals surface area contributed by atoms with Crippen LogP contribution in [0, 0.1) is 0 Å². The molecule has 0 N–H and O–H groups in total. The van der Waals surface area contributed by atoms with Gasteiger partial charge in [-0.2, -0.15) is 0 Å². The molecule has 0 unspecified atom stereocenters. The fourth-order valence-electron chi connectivity index (χ4n) is 4.36. The number of benzene rings is 1. The molecule has 4 rings (SSSR count). The fourth-order valence-corrected chi connectivity index (χ4v) is 5.51. The molecular weight excluding hydrogens is 438 g/mol. The molecule has 32 heavy (non-hydrogen) atoms. The van der Waals surface area contributed by atoms with Crippen LogP contribution in [-0.2, 0) is 6.54 Å². The maximum atomic E-state index is 6.17. The molecule has 1 aliphatic carbocycles. The van der Waals surface area contributed by atoms with Crippen LogP contribution >= 0.6 is 23.4 Å². The van der Waals surface area contributed by atoms with Gasteiger partial charge in [-0.05, 0) is 56.3 Å². The van der Waals surface area contributed by atoms with E-state index in [-0.39, 0.29) is 0 Å². The predicted octanol–water partition coefficient (Wildman–Crippen LogP) is 5.91. The Balaban J connectivity index is 1.49. The van der Waals surface area contributed by atoms with Crippen molar-refractivity contribution in [2.45, 2.75) is 49.8 Å². The molecule has 0 aliphatic heterocycles. The van der Waals surface area contributed by atoms with Crippen molar-refractivity contribution in [3.05, 3.63) is 65.7 Å². The average molecular weight is 470 g/mol. The molecule has 1 fully saturated rings. The fraction of sp³-hybridized carbons (Fsp3) is 0.440. The van der Waals surface area contributed by atoms with Crippen molar-refractivity contribution in [3.63, 3.8) is 0 Å². The van der Waals surface area contributed by atoms with Gasteiger partial charge in [0.05, 0.1) is 11.9 Å². The van der Waals surface area contributed by atoms with E-state index in [4.69, 9.17) is 16.6 Å². The van der Waals surface area contributed by atoms with Crippen LogP contribution in [0.3, 0.4) is 0 Å². The van der Waals surface area contributed by atoms with E-state index in [0.29, 0.717) is 6.04 Å². The topological polar surface area (TPSA) is 37.2 Å². The molecule has 0 amide bonds. The molecular formula is C25H32ClN5S. The van der Waals surface area contributed by atoms with Crippen LogP contribution < -0.4 is 4.90 Å². The van der Waals surface area contributed by atoms with Crippen LogP contribution in [0.4, 0.5) is 5.69 Å². The number of halogens is 1. The zero-order valence-corrected chi connectivity index (χ0v) is 20.5. The van der Waals surface area contributed by atoms with Crippen molar-refractivity contribution >= 4 is 29.1 Å². The standard InChI is InChI=1S/C25H32ClN5S/c1-29(22-12-14-27-15-13-22)16-17-32-25-28-18-24(19-30(2)21-6-4-3-5-7-21)31(25)23-10-8-20(26)9-11-23/h8-15,18,21H,3-7,16-17,19H2,1-2H3. The number of rotatable bonds is 9. The average Bonchev–Trinajstić information content (AvgIpc) is 3.22. The zero-order chi connectivity index (χ0) is 22.3. The Morgan fingerprint density at radius 1 is 1.03 bits per heavy atom. The number of pyridine rings is 1. The summed E-state index contributed by atoms with van der Waals surface area (Å²) in [6, 6.07) is 12.8. The summed E-state index contributed by atoms with van der Waals surface area (Å²) in [7, 11) is 4.37. The molecule has 0 spiro atoms. The lowest BCUT2D eigenvalue weighted by atomic mass is 9.94. The number of thioether (sulfide) groups is 1. The first kappa shape index (κ1) is 23.1. The van der Waals surface area contributed by atoms with Crippen LogP contribution in [0.15, 0.2) is 60.1 Å². The van der Waals surface area contributed by atoms with Gasteiger partial charge in [-0.1, -0.05) is 42.6 Å². The molecule has 0 saturated heterocycles. The number of nitrogens with zero attached hydrogens (tertiary/aromatic N) is 5. The zero-order valence-electron chi connectivity index (χ0n) is 19.0. The van der Waals surface area contributed by atoms with Gasteiger partial charge >= 0.3 is 0 Å². The maximum absolute atomic E-state index is 6.17. The molecule has 5 nitrogen and oxygen atoms in total. The van der Waals surface area contributed by atoms with E-state index >= 15 is 0 Å². The Kier molecular flexibility index (Phi) is 8.11. The minimum atomic E-state index is 0.669. The minimum absolute atomic E-state index is 0.669. The summed E-state index contributed by atoms with van der Waals surface area (Å²) in [5, 5.41) is 1.78. The number of aromatic nitrogens is 3. The van der Waals surface area contributed by atoms with Gasteiger partial charge in [0.1, 0.15) is 0 Å². The Hall–Kier alpha value is -2.02. The molecule has 1 saturated carbocycles. The first-order chi connectivity index (χ1) is 15.6. The van der Waals surface area contributed by atoms with Crippen molar-refractivity contribution in [3.8, 4) is 5.69 Å². The summed E-state index contributed by atoms with van der Waals surface area (Å²) >= 11 is 7.96. The minimum Gasteiger partial charge on any atom is -0.374 e. The third-order valence-corrected chi connectivity index (χ3v) is 7.44. The molecule has 0 bridgehead atoms. The normalized spacial score (nSPS) is 14.8. The summed E-state index contributed by atoms with van der Waals surface area (Å²) in [6.07, 6.45) is 12.4. The summed E-state index contributed by atoms with van der Waals surface area (Å²) in [5.41, 5.74) is 3.52. The third-order valence-electron chi connectivity index (χ3n) is 6.26. The van der Waals surface area contributed by atoms with Gasteiger partial charge in [0.2, 0.25) is 0 Å². The van der Waals surface area contributed by atoms with Crippen LogP contribution in [0.2, 0.25) is 5.02 Å². The van der Waals surface area contributed by atoms with Crippen molar-refractivity contribution in [1.82, 2.24) is 19.4 Å². The summed E-state index contributed by atoms with van der Waals surface area (Å²) < 4.78 is 2.30. The first-order valence-corrected chi connectivity index (χ1v) is 12.7. The van der Waals surface area contributed by atoms with Gasteiger partial charge in [0, 0.05) is 60.7 Å². The third kappa shape index (κ3) is 5.85. The van der Waals surface area contributed by atoms with E-state index in [1.807, 2.05) is 42.9 Å². The number of anilines is 1. The molecule has 0 atom stereocenters. The molecule has 3 aromatic rings. The number of hydrogen-bond donors (Lipinski definition) is 0. The lowest BCUT2D eigenvalue weighted by Gasteiger charge is -2.31. The highest BCUT2D eigenvalue weighted by molar-refractivity contribution is 7.99. The quantitative estimate of drug-likeness (QED) is 0.364. The highest BCUT2D eigenvalue weighted by Gasteiger charge is 2.21. The summed E-state index contributed by atoms with van der Waals surface area (Å²) in [5.74, 6) is 0.946. The van der Waals surface area contributed by atoms with Gasteiger partial charge in [-0.3, -0.25) is 14.5 Å². The van der Waals surface area contributed by atoms with E-state index in [9.17, 15) is 0 Å². The second-order valence-corrected chi connectivity index (χ2v) is 10.0. The molecule has 170 valence electrons. The van der Waals surface area contributed by atoms with Crippen LogP contribution in [0.25, 0.3) is 5.69 Å². The molecule has 2 heterocycles. The van der Waals surface area contributed by atoms with E-state index < -0.39 is 0 Å². The Labute approximate surface area is 200 Å². The second kappa shape index (κ2) is 11.2. The smallest absolute Gasteiger partial charge is 0.172 e. The molecule has 7 heteroatoms. The Morgan fingerprint density at radius 3 is 2.47 bits per heavy atom. The van der Waals surface area contributed by atoms with Crippen LogP contribution in [-0.4, -0.2) is 51.9 Å². The lowest BCUT2D eigenvalue weighted by molar-refractivity contribution is 0.182. The Morgan fingerprint density at radius 2 is 1.75 bits per heavy atom. The van der Waals surface area contributed by atoms with E-state index in [1.54, 1.807) is 11.8 Å². The molecule has 1 aliphatic rings. The van der Waals surface area contributed by atoms with Crippen LogP contribution in [0.1, 0.15) is 37.8 Å². The predicted molar refractivity (Wildman–Crippen MR) is 135 cm³/mol. The largest absolute Gasteiger partial charge is 0.374 e. The van der Waals surface area contributed by atoms with Crippen molar-refractivity contribution < 1.29 is 0 Å². The monoisotopic (exact) mass is 469 g/mol. The van der Waals surface area contributed by atoms with Crippen molar-refractivity contribution in [2.24, 2.45) is 0 Å². The summed E-state index contributed by atoms with van der Waals surface area (Å²) in [4.78, 5) is 13.7. The lowest BCUT2D eigenvalue weighted by Crippen LogP contribution is -2.33. The molecule has 1 aromatic carbocycles. The maximum Gasteiger partial charge on any atom is 0.172 e. The van der Waals surface area contributed by atoms with Gasteiger partial charge < -0.3 is 4.90 Å². The van der Waals surface area contributed by atoms with Gasteiger partial charge in [0.15, 0.2) is 5.16 Å². The van der Waals surface area contributed by atoms with Gasteiger partial charge in [0.25, 0.3) is 0 Å². The van der Waals surface area contributed by atoms with E-state index in [1.165, 1.54) is 43.5 Å². The van der Waals surface area contributed by atoms with Crippen LogP contribution in [0.5, 0.6) is 0 Å². The van der Waals surface area contributed by atoms with E-state index in [0.717, 1.165) is 34.7 Å². The van der Waals surface area contributed by atoms with Crippen molar-refractivity contribution in [2.75, 3.05) is 31.3 Å². The van der Waals surface area contributed by atoms with Gasteiger partial charge in [-0.25, -0.2) is 4.98 Å². The van der Waals surface area contributed by atoms with Gasteiger partial charge in [-0.15, -0.1) is 0 Å². The van der Waals surface area contributed by atoms with Crippen molar-refractivity contribution in [1.29, 1.82) is 0 Å². The summed E-state index contributed by atoms with van der Waals surface area (Å²) in [6.45, 7) is 1.83. The number of hydrogen-bond acceptors (Lipinski definition) is 5. The second-order valence-electron chi connectivity index (χ2n) is 8.53. The molecule has 2 aromatic heterocycles. The SMILES string of the molecule is CN(CCSc1ncc(CN(C)C2CCCCC2)n1-c1ccc(Cl)cc1)c1ccncc1. The number of imidazole rings is 1. The first-order valence-electron chi connectivity index (χ1n) is 11.4. The molecule has 0 radical (unpaired) electrons. The van der Waals surface area contributed by atoms with E-state index in [2.05, 4.69) is 45.6 Å². The Bertz CT molecular complexity index is 970. The highest BCUT2D eigenvalue weighted by atomic mass is 35.5. The highest BCUT2D eigenvalue weighted by Crippen LogP contribution is 2.28.